The van der Waals surface area contributed by atoms with Gasteiger partial charge in [-0.15, -0.1) is 10.2 Å². The van der Waals surface area contributed by atoms with Gasteiger partial charge in [0.15, 0.2) is 11.6 Å². The molecule has 0 saturated carbocycles. The van der Waals surface area contributed by atoms with Gasteiger partial charge in [0.25, 0.3) is 5.91 Å². The molecule has 1 aliphatic heterocycles. The minimum atomic E-state index is 0.0755. The second-order valence-electron chi connectivity index (χ2n) is 6.94. The molecule has 0 radical (unpaired) electrons. The van der Waals surface area contributed by atoms with E-state index in [1.165, 1.54) is 0 Å². The quantitative estimate of drug-likeness (QED) is 0.689. The number of hydrogen-bond acceptors (Lipinski definition) is 6. The molecular formula is C20H23N7O. The minimum absolute atomic E-state index is 0.0755. The molecule has 0 spiro atoms. The van der Waals surface area contributed by atoms with Crippen molar-refractivity contribution in [1.82, 2.24) is 24.6 Å². The van der Waals surface area contributed by atoms with Crippen LogP contribution in [-0.2, 0) is 0 Å². The Labute approximate surface area is 164 Å². The first-order valence-electron chi connectivity index (χ1n) is 9.25. The Morgan fingerprint density at radius 2 is 1.61 bits per heavy atom. The van der Waals surface area contributed by atoms with Gasteiger partial charge in [-0.2, -0.15) is 0 Å². The molecule has 0 atom stereocenters. The lowest BCUT2D eigenvalue weighted by molar-refractivity contribution is 0.0746. The molecule has 2 aromatic heterocycles. The second kappa shape index (κ2) is 7.67. The zero-order valence-electron chi connectivity index (χ0n) is 16.1. The van der Waals surface area contributed by atoms with Crippen molar-refractivity contribution in [3.05, 3.63) is 60.7 Å². The Morgan fingerprint density at radius 1 is 0.929 bits per heavy atom. The van der Waals surface area contributed by atoms with Crippen molar-refractivity contribution in [3.8, 4) is 5.82 Å². The average molecular weight is 377 g/mol. The lowest BCUT2D eigenvalue weighted by atomic mass is 10.1. The van der Waals surface area contributed by atoms with Crippen molar-refractivity contribution >= 4 is 17.4 Å². The van der Waals surface area contributed by atoms with Gasteiger partial charge in [0, 0.05) is 63.9 Å². The van der Waals surface area contributed by atoms with Crippen LogP contribution in [0, 0.1) is 0 Å². The molecule has 1 aromatic carbocycles. The van der Waals surface area contributed by atoms with Crippen LogP contribution in [0.3, 0.4) is 0 Å². The highest BCUT2D eigenvalue weighted by Gasteiger charge is 2.23. The van der Waals surface area contributed by atoms with Gasteiger partial charge in [-0.25, -0.2) is 4.98 Å². The number of benzene rings is 1. The van der Waals surface area contributed by atoms with Crippen molar-refractivity contribution in [2.45, 2.75) is 0 Å². The SMILES string of the molecule is CN(C)c1ccc(C(=O)N2CCN(c3ccc(-n4ccnc4)nn3)CC2)cc1. The second-order valence-corrected chi connectivity index (χ2v) is 6.94. The number of amides is 1. The highest BCUT2D eigenvalue weighted by molar-refractivity contribution is 5.94. The molecule has 0 aliphatic carbocycles. The largest absolute Gasteiger partial charge is 0.378 e. The topological polar surface area (TPSA) is 70.4 Å². The lowest BCUT2D eigenvalue weighted by Gasteiger charge is -2.35. The third-order valence-electron chi connectivity index (χ3n) is 4.93. The lowest BCUT2D eigenvalue weighted by Crippen LogP contribution is -2.49. The van der Waals surface area contributed by atoms with Crippen molar-refractivity contribution in [1.29, 1.82) is 0 Å². The number of nitrogens with zero attached hydrogens (tertiary/aromatic N) is 7. The van der Waals surface area contributed by atoms with Gasteiger partial charge in [-0.1, -0.05) is 0 Å². The van der Waals surface area contributed by atoms with Crippen LogP contribution in [0.2, 0.25) is 0 Å². The first kappa shape index (κ1) is 18.0. The van der Waals surface area contributed by atoms with E-state index in [9.17, 15) is 4.79 Å². The average Bonchev–Trinajstić information content (AvgIpc) is 3.28. The van der Waals surface area contributed by atoms with Gasteiger partial charge in [0.1, 0.15) is 6.33 Å². The van der Waals surface area contributed by atoms with Crippen molar-refractivity contribution in [2.75, 3.05) is 50.1 Å². The maximum absolute atomic E-state index is 12.8. The fourth-order valence-electron chi connectivity index (χ4n) is 3.24. The van der Waals surface area contributed by atoms with Crippen LogP contribution in [0.4, 0.5) is 11.5 Å². The maximum atomic E-state index is 12.8. The molecule has 1 aliphatic rings. The van der Waals surface area contributed by atoms with Crippen LogP contribution in [0.25, 0.3) is 5.82 Å². The molecule has 8 heteroatoms. The number of carbonyl (C=O) groups is 1. The summed E-state index contributed by atoms with van der Waals surface area (Å²) >= 11 is 0. The van der Waals surface area contributed by atoms with Crippen LogP contribution in [0.5, 0.6) is 0 Å². The zero-order chi connectivity index (χ0) is 19.5. The molecule has 3 aromatic rings. The number of imidazole rings is 1. The molecule has 144 valence electrons. The summed E-state index contributed by atoms with van der Waals surface area (Å²) in [6.07, 6.45) is 5.23. The van der Waals surface area contributed by atoms with E-state index in [-0.39, 0.29) is 5.91 Å². The molecule has 3 heterocycles. The Bertz CT molecular complexity index is 912. The van der Waals surface area contributed by atoms with E-state index in [4.69, 9.17) is 0 Å². The normalized spacial score (nSPS) is 14.2. The van der Waals surface area contributed by atoms with Gasteiger partial charge < -0.3 is 14.7 Å². The van der Waals surface area contributed by atoms with E-state index in [1.807, 2.05) is 71.1 Å². The Hall–Kier alpha value is -3.42. The molecule has 0 unspecified atom stereocenters. The molecule has 28 heavy (non-hydrogen) atoms. The molecular weight excluding hydrogens is 354 g/mol. The highest BCUT2D eigenvalue weighted by atomic mass is 16.2. The van der Waals surface area contributed by atoms with Gasteiger partial charge >= 0.3 is 0 Å². The first-order valence-corrected chi connectivity index (χ1v) is 9.25. The summed E-state index contributed by atoms with van der Waals surface area (Å²) in [7, 11) is 3.97. The number of hydrogen-bond donors (Lipinski definition) is 0. The number of rotatable bonds is 4. The molecule has 1 amide bonds. The summed E-state index contributed by atoms with van der Waals surface area (Å²) < 4.78 is 1.81. The Morgan fingerprint density at radius 3 is 2.18 bits per heavy atom. The first-order chi connectivity index (χ1) is 13.6. The summed E-state index contributed by atoms with van der Waals surface area (Å²) in [4.78, 5) is 22.8. The zero-order valence-corrected chi connectivity index (χ0v) is 16.1. The fourth-order valence-corrected chi connectivity index (χ4v) is 3.24. The molecule has 1 saturated heterocycles. The fraction of sp³-hybridized carbons (Fsp3) is 0.300. The predicted octanol–water partition coefficient (Wildman–Crippen LogP) is 1.69. The number of anilines is 2. The summed E-state index contributed by atoms with van der Waals surface area (Å²) in [5.41, 5.74) is 1.81. The number of aromatic nitrogens is 4. The van der Waals surface area contributed by atoms with E-state index in [1.54, 1.807) is 12.5 Å². The van der Waals surface area contributed by atoms with E-state index in [2.05, 4.69) is 20.1 Å². The molecule has 0 bridgehead atoms. The van der Waals surface area contributed by atoms with Crippen molar-refractivity contribution < 1.29 is 4.79 Å². The number of piperazine rings is 1. The van der Waals surface area contributed by atoms with Crippen LogP contribution in [0.15, 0.2) is 55.1 Å². The molecule has 8 nitrogen and oxygen atoms in total. The van der Waals surface area contributed by atoms with E-state index < -0.39 is 0 Å². The van der Waals surface area contributed by atoms with Gasteiger partial charge in [-0.05, 0) is 36.4 Å². The predicted molar refractivity (Wildman–Crippen MR) is 108 cm³/mol. The smallest absolute Gasteiger partial charge is 0.253 e. The van der Waals surface area contributed by atoms with Crippen molar-refractivity contribution in [2.24, 2.45) is 0 Å². The third-order valence-corrected chi connectivity index (χ3v) is 4.93. The monoisotopic (exact) mass is 377 g/mol. The summed E-state index contributed by atoms with van der Waals surface area (Å²) in [6, 6.07) is 11.6. The summed E-state index contributed by atoms with van der Waals surface area (Å²) in [5, 5.41) is 8.60. The maximum Gasteiger partial charge on any atom is 0.253 e. The van der Waals surface area contributed by atoms with Gasteiger partial charge in [0.05, 0.1) is 0 Å². The van der Waals surface area contributed by atoms with E-state index in [0.29, 0.717) is 13.1 Å². The van der Waals surface area contributed by atoms with Crippen LogP contribution in [-0.4, -0.2) is 70.8 Å². The molecule has 0 N–H and O–H groups in total. The van der Waals surface area contributed by atoms with E-state index in [0.717, 1.165) is 36.0 Å². The number of carbonyl (C=O) groups excluding carboxylic acids is 1. The third kappa shape index (κ3) is 3.66. The highest BCUT2D eigenvalue weighted by Crippen LogP contribution is 2.17. The Kier molecular flexibility index (Phi) is 4.92. The van der Waals surface area contributed by atoms with Crippen LogP contribution >= 0.6 is 0 Å². The summed E-state index contributed by atoms with van der Waals surface area (Å²) in [6.45, 7) is 2.81. The van der Waals surface area contributed by atoms with Gasteiger partial charge in [-0.3, -0.25) is 9.36 Å². The molecule has 4 rings (SSSR count). The van der Waals surface area contributed by atoms with E-state index >= 15 is 0 Å². The van der Waals surface area contributed by atoms with Crippen LogP contribution < -0.4 is 9.80 Å². The van der Waals surface area contributed by atoms with Crippen LogP contribution in [0.1, 0.15) is 10.4 Å². The minimum Gasteiger partial charge on any atom is -0.378 e. The summed E-state index contributed by atoms with van der Waals surface area (Å²) in [5.74, 6) is 1.63. The Balaban J connectivity index is 1.37. The van der Waals surface area contributed by atoms with Crippen molar-refractivity contribution in [3.63, 3.8) is 0 Å². The molecule has 1 fully saturated rings. The van der Waals surface area contributed by atoms with Gasteiger partial charge in [0.2, 0.25) is 0 Å². The standard InChI is InChI=1S/C20H23N7O/c1-24(2)17-5-3-16(4-6-17)20(28)26-13-11-25(12-14-26)18-7-8-19(23-22-18)27-10-9-21-15-27/h3-10,15H,11-14H2,1-2H3.